The molecule has 1 saturated carbocycles. The van der Waals surface area contributed by atoms with Crippen molar-refractivity contribution >= 4 is 5.91 Å². The van der Waals surface area contributed by atoms with Gasteiger partial charge in [0.05, 0.1) is 6.61 Å². The van der Waals surface area contributed by atoms with Crippen LogP contribution < -0.4 is 10.1 Å². The highest BCUT2D eigenvalue weighted by atomic mass is 16.5. The monoisotopic (exact) mass is 311 g/mol. The molecule has 5 nitrogen and oxygen atoms in total. The third-order valence-electron chi connectivity index (χ3n) is 5.22. The van der Waals surface area contributed by atoms with Gasteiger partial charge in [-0.1, -0.05) is 18.2 Å². The number of aryl methyl sites for hydroxylation is 1. The van der Waals surface area contributed by atoms with Crippen molar-refractivity contribution in [1.82, 2.24) is 15.1 Å². The number of carbonyl (C=O) groups excluding carboxylic acids is 1. The van der Waals surface area contributed by atoms with Gasteiger partial charge in [-0.2, -0.15) is 5.10 Å². The van der Waals surface area contributed by atoms with Crippen molar-refractivity contribution in [2.75, 3.05) is 13.2 Å². The summed E-state index contributed by atoms with van der Waals surface area (Å²) in [7, 11) is 1.92. The van der Waals surface area contributed by atoms with Crippen molar-refractivity contribution < 1.29 is 9.53 Å². The van der Waals surface area contributed by atoms with Crippen molar-refractivity contribution in [3.05, 3.63) is 47.8 Å². The van der Waals surface area contributed by atoms with Gasteiger partial charge in [-0.15, -0.1) is 0 Å². The molecule has 1 amide bonds. The number of amides is 1. The average molecular weight is 311 g/mol. The van der Waals surface area contributed by atoms with E-state index in [-0.39, 0.29) is 17.2 Å². The van der Waals surface area contributed by atoms with Crippen LogP contribution in [0.4, 0.5) is 0 Å². The SMILES string of the molecule is Cn1nccc1CCNC(=O)[C@H]1C[C@@]12CCOc1ccccc12. The molecule has 0 bridgehead atoms. The summed E-state index contributed by atoms with van der Waals surface area (Å²) in [4.78, 5) is 12.5. The molecule has 1 aliphatic heterocycles. The summed E-state index contributed by atoms with van der Waals surface area (Å²) in [6.45, 7) is 1.36. The van der Waals surface area contributed by atoms with Crippen molar-refractivity contribution in [2.24, 2.45) is 13.0 Å². The first-order valence-corrected chi connectivity index (χ1v) is 8.18. The third-order valence-corrected chi connectivity index (χ3v) is 5.22. The second-order valence-corrected chi connectivity index (χ2v) is 6.49. The lowest BCUT2D eigenvalue weighted by Gasteiger charge is -2.26. The summed E-state index contributed by atoms with van der Waals surface area (Å²) < 4.78 is 7.58. The second-order valence-electron chi connectivity index (χ2n) is 6.49. The number of nitrogens with one attached hydrogen (secondary N) is 1. The van der Waals surface area contributed by atoms with Crippen LogP contribution in [0, 0.1) is 5.92 Å². The number of aromatic nitrogens is 2. The Hall–Kier alpha value is -2.30. The number of para-hydroxylation sites is 1. The van der Waals surface area contributed by atoms with E-state index >= 15 is 0 Å². The summed E-state index contributed by atoms with van der Waals surface area (Å²) in [5.41, 5.74) is 2.34. The van der Waals surface area contributed by atoms with Gasteiger partial charge in [0.15, 0.2) is 0 Å². The van der Waals surface area contributed by atoms with E-state index in [1.165, 1.54) is 5.56 Å². The fourth-order valence-corrected chi connectivity index (χ4v) is 3.79. The number of ether oxygens (including phenoxy) is 1. The first kappa shape index (κ1) is 14.3. The molecule has 0 saturated heterocycles. The molecule has 1 aromatic heterocycles. The summed E-state index contributed by atoms with van der Waals surface area (Å²) in [6.07, 6.45) is 4.46. The summed E-state index contributed by atoms with van der Waals surface area (Å²) in [5, 5.41) is 7.24. The molecule has 0 unspecified atom stereocenters. The quantitative estimate of drug-likeness (QED) is 0.937. The number of rotatable bonds is 4. The maximum atomic E-state index is 12.5. The standard InChI is InChI=1S/C18H21N3O2/c1-21-13(7-10-20-21)6-9-19-17(22)15-12-18(15)8-11-23-16-5-3-2-4-14(16)18/h2-5,7,10,15H,6,8-9,11-12H2,1H3,(H,19,22)/t15-,18-/m1/s1. The van der Waals surface area contributed by atoms with E-state index in [0.717, 1.165) is 30.7 Å². The zero-order chi connectivity index (χ0) is 15.9. The van der Waals surface area contributed by atoms with E-state index in [4.69, 9.17) is 4.74 Å². The van der Waals surface area contributed by atoms with Gasteiger partial charge in [-0.3, -0.25) is 9.48 Å². The molecule has 1 aliphatic carbocycles. The van der Waals surface area contributed by atoms with Gasteiger partial charge in [0.25, 0.3) is 0 Å². The average Bonchev–Trinajstić information content (AvgIpc) is 3.14. The zero-order valence-electron chi connectivity index (χ0n) is 13.3. The van der Waals surface area contributed by atoms with Crippen LogP contribution in [0.2, 0.25) is 0 Å². The zero-order valence-corrected chi connectivity index (χ0v) is 13.3. The van der Waals surface area contributed by atoms with Gasteiger partial charge in [-0.25, -0.2) is 0 Å². The lowest BCUT2D eigenvalue weighted by Crippen LogP contribution is -2.32. The summed E-state index contributed by atoms with van der Waals surface area (Å²) >= 11 is 0. The molecule has 0 radical (unpaired) electrons. The van der Waals surface area contributed by atoms with E-state index in [0.29, 0.717) is 13.2 Å². The van der Waals surface area contributed by atoms with Gasteiger partial charge in [-0.05, 0) is 25.0 Å². The Kier molecular flexibility index (Phi) is 3.36. The maximum absolute atomic E-state index is 12.5. The van der Waals surface area contributed by atoms with Gasteiger partial charge in [0, 0.05) is 48.8 Å². The summed E-state index contributed by atoms with van der Waals surface area (Å²) in [6, 6.07) is 10.1. The van der Waals surface area contributed by atoms with Crippen LogP contribution in [0.3, 0.4) is 0 Å². The fraction of sp³-hybridized carbons (Fsp3) is 0.444. The Bertz CT molecular complexity index is 739. The van der Waals surface area contributed by atoms with Gasteiger partial charge >= 0.3 is 0 Å². The highest BCUT2D eigenvalue weighted by molar-refractivity contribution is 5.84. The minimum absolute atomic E-state index is 0.00541. The van der Waals surface area contributed by atoms with E-state index in [1.54, 1.807) is 6.20 Å². The van der Waals surface area contributed by atoms with Crippen LogP contribution in [0.1, 0.15) is 24.1 Å². The lowest BCUT2D eigenvalue weighted by molar-refractivity contribution is -0.122. The Morgan fingerprint density at radius 3 is 3.13 bits per heavy atom. The van der Waals surface area contributed by atoms with Crippen molar-refractivity contribution in [3.63, 3.8) is 0 Å². The van der Waals surface area contributed by atoms with E-state index in [1.807, 2.05) is 36.0 Å². The van der Waals surface area contributed by atoms with E-state index in [9.17, 15) is 4.79 Å². The lowest BCUT2D eigenvalue weighted by atomic mass is 9.87. The first-order valence-electron chi connectivity index (χ1n) is 8.18. The van der Waals surface area contributed by atoms with Crippen LogP contribution in [0.15, 0.2) is 36.5 Å². The van der Waals surface area contributed by atoms with E-state index in [2.05, 4.69) is 16.5 Å². The number of fused-ring (bicyclic) bond motifs is 2. The molecule has 2 atom stereocenters. The molecule has 2 aliphatic rings. The molecule has 23 heavy (non-hydrogen) atoms. The van der Waals surface area contributed by atoms with Crippen LogP contribution in [0.5, 0.6) is 5.75 Å². The highest BCUT2D eigenvalue weighted by Gasteiger charge is 2.60. The molecule has 1 fully saturated rings. The van der Waals surface area contributed by atoms with Crippen molar-refractivity contribution in [3.8, 4) is 5.75 Å². The molecular weight excluding hydrogens is 290 g/mol. The molecule has 4 rings (SSSR count). The first-order chi connectivity index (χ1) is 11.2. The molecule has 1 spiro atoms. The Balaban J connectivity index is 1.39. The third kappa shape index (κ3) is 2.40. The van der Waals surface area contributed by atoms with Crippen LogP contribution in [-0.4, -0.2) is 28.8 Å². The molecule has 1 aromatic carbocycles. The number of hydrogen-bond acceptors (Lipinski definition) is 3. The van der Waals surface area contributed by atoms with Gasteiger partial charge in [0.2, 0.25) is 5.91 Å². The molecular formula is C18H21N3O2. The van der Waals surface area contributed by atoms with Crippen LogP contribution in [-0.2, 0) is 23.7 Å². The maximum Gasteiger partial charge on any atom is 0.224 e. The Morgan fingerprint density at radius 1 is 1.43 bits per heavy atom. The highest BCUT2D eigenvalue weighted by Crippen LogP contribution is 2.60. The molecule has 2 aromatic rings. The molecule has 120 valence electrons. The normalized spacial score (nSPS) is 24.8. The molecule has 1 N–H and O–H groups in total. The fourth-order valence-electron chi connectivity index (χ4n) is 3.79. The molecule has 5 heteroatoms. The minimum Gasteiger partial charge on any atom is -0.493 e. The van der Waals surface area contributed by atoms with Crippen LogP contribution in [0.25, 0.3) is 0 Å². The predicted molar refractivity (Wildman–Crippen MR) is 86.3 cm³/mol. The number of nitrogens with zero attached hydrogens (tertiary/aromatic N) is 2. The molecule has 2 heterocycles. The summed E-state index contributed by atoms with van der Waals surface area (Å²) in [5.74, 6) is 1.20. The van der Waals surface area contributed by atoms with Crippen molar-refractivity contribution in [2.45, 2.75) is 24.7 Å². The van der Waals surface area contributed by atoms with E-state index < -0.39 is 0 Å². The number of hydrogen-bond donors (Lipinski definition) is 1. The van der Waals surface area contributed by atoms with Gasteiger partial charge in [0.1, 0.15) is 5.75 Å². The van der Waals surface area contributed by atoms with Crippen LogP contribution >= 0.6 is 0 Å². The predicted octanol–water partition coefficient (Wildman–Crippen LogP) is 1.82. The largest absolute Gasteiger partial charge is 0.493 e. The minimum atomic E-state index is 0.00541. The van der Waals surface area contributed by atoms with Gasteiger partial charge < -0.3 is 10.1 Å². The van der Waals surface area contributed by atoms with Crippen molar-refractivity contribution in [1.29, 1.82) is 0 Å². The smallest absolute Gasteiger partial charge is 0.224 e. The Labute approximate surface area is 135 Å². The topological polar surface area (TPSA) is 56.2 Å². The second kappa shape index (κ2) is 5.41. The number of benzene rings is 1. The Morgan fingerprint density at radius 2 is 2.30 bits per heavy atom. The number of carbonyl (C=O) groups is 1.